The number of ether oxygens (including phenoxy) is 3. The van der Waals surface area contributed by atoms with Gasteiger partial charge in [0, 0.05) is 19.3 Å². The first kappa shape index (κ1) is 80.4. The van der Waals surface area contributed by atoms with E-state index in [0.717, 1.165) is 70.6 Å². The smallest absolute Gasteiger partial charge is 0.306 e. The molecule has 486 valence electrons. The summed E-state index contributed by atoms with van der Waals surface area (Å²) in [5.41, 5.74) is 0. The predicted molar refractivity (Wildman–Crippen MR) is 362 cm³/mol. The van der Waals surface area contributed by atoms with E-state index in [1.165, 1.54) is 295 Å². The van der Waals surface area contributed by atoms with Crippen molar-refractivity contribution in [2.24, 2.45) is 0 Å². The molecule has 0 amide bonds. The summed E-state index contributed by atoms with van der Waals surface area (Å²) >= 11 is 0. The summed E-state index contributed by atoms with van der Waals surface area (Å²) in [5, 5.41) is 0. The number of hydrogen-bond donors (Lipinski definition) is 0. The average Bonchev–Trinajstić information content (AvgIpc) is 3.49. The SMILES string of the molecule is CCCCCCC/C=C\C/C=C\CCCCCCCCCCCC(=O)OC(COC(=O)CCCCCCC/C=C\CCCCCCCC)COC(=O)CCCCCCCCCCCCCCCCCCC/C=C\CCCCCCCCCC. The predicted octanol–water partition coefficient (Wildman–Crippen LogP) is 25.7. The van der Waals surface area contributed by atoms with Gasteiger partial charge in [-0.25, -0.2) is 0 Å². The van der Waals surface area contributed by atoms with Crippen molar-refractivity contribution in [3.8, 4) is 0 Å². The highest BCUT2D eigenvalue weighted by Gasteiger charge is 2.19. The van der Waals surface area contributed by atoms with Gasteiger partial charge in [0.2, 0.25) is 0 Å². The van der Waals surface area contributed by atoms with Crippen molar-refractivity contribution in [2.75, 3.05) is 13.2 Å². The van der Waals surface area contributed by atoms with Crippen LogP contribution < -0.4 is 0 Å². The average molecular weight is 1160 g/mol. The molecule has 1 unspecified atom stereocenters. The molecule has 0 aliphatic heterocycles. The molecule has 0 bridgehead atoms. The first-order chi connectivity index (χ1) is 41.0. The van der Waals surface area contributed by atoms with Gasteiger partial charge in [0.05, 0.1) is 0 Å². The number of esters is 3. The molecule has 6 nitrogen and oxygen atoms in total. The Bertz CT molecular complexity index is 1430. The number of hydrogen-bond acceptors (Lipinski definition) is 6. The van der Waals surface area contributed by atoms with E-state index in [0.29, 0.717) is 19.3 Å². The molecule has 0 aliphatic carbocycles. The molecule has 0 heterocycles. The quantitative estimate of drug-likeness (QED) is 0.0261. The number of rotatable bonds is 69. The summed E-state index contributed by atoms with van der Waals surface area (Å²) in [6, 6.07) is 0. The molecule has 0 aromatic rings. The van der Waals surface area contributed by atoms with E-state index >= 15 is 0 Å². The lowest BCUT2D eigenvalue weighted by atomic mass is 10.0. The van der Waals surface area contributed by atoms with E-state index in [2.05, 4.69) is 69.4 Å². The zero-order valence-corrected chi connectivity index (χ0v) is 56.0. The molecular formula is C77H142O6. The van der Waals surface area contributed by atoms with Gasteiger partial charge in [-0.15, -0.1) is 0 Å². The van der Waals surface area contributed by atoms with Gasteiger partial charge in [-0.1, -0.05) is 333 Å². The van der Waals surface area contributed by atoms with Crippen molar-refractivity contribution in [1.29, 1.82) is 0 Å². The van der Waals surface area contributed by atoms with Crippen LogP contribution in [-0.2, 0) is 28.6 Å². The van der Waals surface area contributed by atoms with Crippen LogP contribution in [0.5, 0.6) is 0 Å². The molecule has 0 radical (unpaired) electrons. The van der Waals surface area contributed by atoms with Crippen LogP contribution in [0.1, 0.15) is 406 Å². The van der Waals surface area contributed by atoms with Gasteiger partial charge in [-0.05, 0) is 103 Å². The number of carbonyl (C=O) groups is 3. The number of allylic oxidation sites excluding steroid dienone is 8. The molecule has 0 aromatic carbocycles. The topological polar surface area (TPSA) is 78.9 Å². The van der Waals surface area contributed by atoms with Crippen LogP contribution in [0.15, 0.2) is 48.6 Å². The molecule has 6 heteroatoms. The number of unbranched alkanes of at least 4 members (excludes halogenated alkanes) is 50. The lowest BCUT2D eigenvalue weighted by Crippen LogP contribution is -2.30. The van der Waals surface area contributed by atoms with E-state index in [9.17, 15) is 14.4 Å². The van der Waals surface area contributed by atoms with Crippen molar-refractivity contribution in [2.45, 2.75) is 412 Å². The number of carbonyl (C=O) groups excluding carboxylic acids is 3. The Morgan fingerprint density at radius 3 is 0.675 bits per heavy atom. The highest BCUT2D eigenvalue weighted by molar-refractivity contribution is 5.71. The summed E-state index contributed by atoms with van der Waals surface area (Å²) in [6.07, 6.45) is 91.5. The molecule has 0 fully saturated rings. The van der Waals surface area contributed by atoms with Crippen LogP contribution in [0.4, 0.5) is 0 Å². The first-order valence-electron chi connectivity index (χ1n) is 37.1. The maximum atomic E-state index is 13.0. The molecule has 0 aliphatic rings. The van der Waals surface area contributed by atoms with Crippen LogP contribution in [0.25, 0.3) is 0 Å². The van der Waals surface area contributed by atoms with Crippen molar-refractivity contribution in [3.63, 3.8) is 0 Å². The zero-order chi connectivity index (χ0) is 59.9. The van der Waals surface area contributed by atoms with Crippen molar-refractivity contribution < 1.29 is 28.6 Å². The molecule has 0 saturated heterocycles. The van der Waals surface area contributed by atoms with Gasteiger partial charge in [0.25, 0.3) is 0 Å². The van der Waals surface area contributed by atoms with Gasteiger partial charge in [0.15, 0.2) is 6.10 Å². The van der Waals surface area contributed by atoms with E-state index in [4.69, 9.17) is 14.2 Å². The van der Waals surface area contributed by atoms with Crippen molar-refractivity contribution >= 4 is 17.9 Å². The summed E-state index contributed by atoms with van der Waals surface area (Å²) in [7, 11) is 0. The van der Waals surface area contributed by atoms with Crippen molar-refractivity contribution in [3.05, 3.63) is 48.6 Å². The van der Waals surface area contributed by atoms with Gasteiger partial charge in [-0.3, -0.25) is 14.4 Å². The third-order valence-electron chi connectivity index (χ3n) is 16.8. The van der Waals surface area contributed by atoms with Crippen LogP contribution in [0.2, 0.25) is 0 Å². The van der Waals surface area contributed by atoms with E-state index in [-0.39, 0.29) is 31.1 Å². The van der Waals surface area contributed by atoms with E-state index in [1.54, 1.807) is 0 Å². The minimum absolute atomic E-state index is 0.0735. The van der Waals surface area contributed by atoms with Gasteiger partial charge in [0.1, 0.15) is 13.2 Å². The largest absolute Gasteiger partial charge is 0.462 e. The van der Waals surface area contributed by atoms with Crippen LogP contribution in [-0.4, -0.2) is 37.2 Å². The Balaban J connectivity index is 4.24. The Morgan fingerprint density at radius 2 is 0.434 bits per heavy atom. The van der Waals surface area contributed by atoms with Crippen LogP contribution >= 0.6 is 0 Å². The lowest BCUT2D eigenvalue weighted by Gasteiger charge is -2.18. The molecule has 0 N–H and O–H groups in total. The molecule has 83 heavy (non-hydrogen) atoms. The third kappa shape index (κ3) is 70.0. The van der Waals surface area contributed by atoms with Gasteiger partial charge >= 0.3 is 17.9 Å². The Morgan fingerprint density at radius 1 is 0.241 bits per heavy atom. The van der Waals surface area contributed by atoms with Gasteiger partial charge in [-0.2, -0.15) is 0 Å². The highest BCUT2D eigenvalue weighted by Crippen LogP contribution is 2.18. The monoisotopic (exact) mass is 1160 g/mol. The molecule has 0 saturated carbocycles. The summed E-state index contributed by atoms with van der Waals surface area (Å²) < 4.78 is 17.0. The second-order valence-corrected chi connectivity index (χ2v) is 25.2. The van der Waals surface area contributed by atoms with Crippen LogP contribution in [0, 0.1) is 0 Å². The van der Waals surface area contributed by atoms with Crippen LogP contribution in [0.3, 0.4) is 0 Å². The summed E-state index contributed by atoms with van der Waals surface area (Å²) in [4.78, 5) is 38.5. The summed E-state index contributed by atoms with van der Waals surface area (Å²) in [5.74, 6) is -0.859. The van der Waals surface area contributed by atoms with E-state index in [1.807, 2.05) is 0 Å². The molecule has 1 atom stereocenters. The Hall–Kier alpha value is -2.63. The summed E-state index contributed by atoms with van der Waals surface area (Å²) in [6.45, 7) is 6.68. The minimum Gasteiger partial charge on any atom is -0.462 e. The second kappa shape index (κ2) is 71.8. The molecular weight excluding hydrogens is 1020 g/mol. The minimum atomic E-state index is -0.779. The standard InChI is InChI=1S/C77H142O6/c1-4-7-10-13-16-19-22-25-28-30-32-34-35-36-37-38-39-40-41-43-44-46-49-52-55-58-61-64-67-70-76(79)82-73-74(72-81-75(78)69-66-63-60-57-54-51-48-27-24-21-18-15-12-9-6-3)83-77(80)71-68-65-62-59-56-53-50-47-45-42-33-31-29-26-23-20-17-14-11-8-5-2/h23,26-27,30-33,48,74H,4-22,24-25,28-29,34-47,49-73H2,1-3H3/b26-23-,32-30-,33-31-,48-27-. The normalized spacial score (nSPS) is 12.3. The fourth-order valence-electron chi connectivity index (χ4n) is 11.2. The van der Waals surface area contributed by atoms with Gasteiger partial charge < -0.3 is 14.2 Å². The Kier molecular flexibility index (Phi) is 69.6. The van der Waals surface area contributed by atoms with Crippen molar-refractivity contribution in [1.82, 2.24) is 0 Å². The van der Waals surface area contributed by atoms with E-state index < -0.39 is 6.10 Å². The second-order valence-electron chi connectivity index (χ2n) is 25.2. The molecule has 0 rings (SSSR count). The maximum absolute atomic E-state index is 13.0. The fraction of sp³-hybridized carbons (Fsp3) is 0.857. The molecule has 0 spiro atoms. The fourth-order valence-corrected chi connectivity index (χ4v) is 11.2. The lowest BCUT2D eigenvalue weighted by molar-refractivity contribution is -0.167. The molecule has 0 aromatic heterocycles. The maximum Gasteiger partial charge on any atom is 0.306 e. The zero-order valence-electron chi connectivity index (χ0n) is 56.0. The third-order valence-corrected chi connectivity index (χ3v) is 16.8. The first-order valence-corrected chi connectivity index (χ1v) is 37.1. The Labute approximate surface area is 518 Å². The highest BCUT2D eigenvalue weighted by atomic mass is 16.6.